The first-order chi connectivity index (χ1) is 10.2. The predicted molar refractivity (Wildman–Crippen MR) is 70.3 cm³/mol. The van der Waals surface area contributed by atoms with Gasteiger partial charge in [0.15, 0.2) is 11.9 Å². The van der Waals surface area contributed by atoms with E-state index in [1.54, 1.807) is 0 Å². The molecule has 21 heavy (non-hydrogen) atoms. The van der Waals surface area contributed by atoms with E-state index in [9.17, 15) is 14.4 Å². The van der Waals surface area contributed by atoms with Crippen LogP contribution in [0.5, 0.6) is 0 Å². The fraction of sp³-hybridized carbons (Fsp3) is 0.267. The largest absolute Gasteiger partial charge is 0.471 e. The monoisotopic (exact) mass is 287 g/mol. The molecule has 0 aliphatic carbocycles. The second kappa shape index (κ2) is 5.40. The molecule has 0 aromatic heterocycles. The number of aldehydes is 1. The number of β-lactam (4-membered cyclic amide) rings is 1. The van der Waals surface area contributed by atoms with Crippen LogP contribution in [-0.2, 0) is 30.5 Å². The molecule has 1 atom stereocenters. The summed E-state index contributed by atoms with van der Waals surface area (Å²) < 4.78 is 10.6. The Morgan fingerprint density at radius 3 is 2.81 bits per heavy atom. The number of carbonyl (C=O) groups is 3. The fourth-order valence-corrected chi connectivity index (χ4v) is 2.33. The van der Waals surface area contributed by atoms with Gasteiger partial charge in [0, 0.05) is 0 Å². The van der Waals surface area contributed by atoms with Gasteiger partial charge in [-0.3, -0.25) is 9.69 Å². The highest BCUT2D eigenvalue weighted by Crippen LogP contribution is 2.37. The van der Waals surface area contributed by atoms with Crippen molar-refractivity contribution in [2.45, 2.75) is 25.7 Å². The number of rotatable bonds is 5. The third kappa shape index (κ3) is 2.40. The lowest BCUT2D eigenvalue weighted by atomic mass is 10.1. The first kappa shape index (κ1) is 13.4. The molecule has 2 aliphatic heterocycles. The lowest BCUT2D eigenvalue weighted by Crippen LogP contribution is -2.50. The Balaban J connectivity index is 1.73. The van der Waals surface area contributed by atoms with Crippen LogP contribution in [0.15, 0.2) is 41.8 Å². The first-order valence-electron chi connectivity index (χ1n) is 6.57. The van der Waals surface area contributed by atoms with Crippen LogP contribution >= 0.6 is 0 Å². The van der Waals surface area contributed by atoms with E-state index in [0.29, 0.717) is 6.29 Å². The minimum atomic E-state index is -0.647. The molecule has 0 bridgehead atoms. The van der Waals surface area contributed by atoms with Crippen molar-refractivity contribution in [1.29, 1.82) is 0 Å². The van der Waals surface area contributed by atoms with Gasteiger partial charge < -0.3 is 14.3 Å². The Hall–Kier alpha value is -2.63. The molecule has 2 aliphatic rings. The lowest BCUT2D eigenvalue weighted by Gasteiger charge is -2.33. The maximum atomic E-state index is 12.2. The summed E-state index contributed by atoms with van der Waals surface area (Å²) in [6.07, 6.45) is 0.344. The quantitative estimate of drug-likeness (QED) is 0.461. The molecule has 6 heteroatoms. The normalized spacial score (nSPS) is 19.7. The third-order valence-corrected chi connectivity index (χ3v) is 3.36. The zero-order valence-electron chi connectivity index (χ0n) is 11.2. The van der Waals surface area contributed by atoms with Crippen LogP contribution in [-0.4, -0.2) is 29.3 Å². The van der Waals surface area contributed by atoms with Gasteiger partial charge in [-0.25, -0.2) is 4.79 Å². The predicted octanol–water partition coefficient (Wildman–Crippen LogP) is 1.12. The molecule has 1 aromatic carbocycles. The Bertz CT molecular complexity index is 622. The summed E-state index contributed by atoms with van der Waals surface area (Å²) in [5.74, 6) is -0.641. The van der Waals surface area contributed by atoms with Crippen molar-refractivity contribution in [1.82, 2.24) is 4.90 Å². The van der Waals surface area contributed by atoms with E-state index in [2.05, 4.69) is 0 Å². The van der Waals surface area contributed by atoms with Gasteiger partial charge in [-0.1, -0.05) is 30.3 Å². The SMILES string of the molecule is O=CCC1=C(C(=O)OCc2ccccc2)N2C(=O)CC2O1. The topological polar surface area (TPSA) is 72.9 Å². The Labute approximate surface area is 120 Å². The van der Waals surface area contributed by atoms with E-state index in [4.69, 9.17) is 9.47 Å². The van der Waals surface area contributed by atoms with E-state index in [0.717, 1.165) is 5.56 Å². The van der Waals surface area contributed by atoms with E-state index >= 15 is 0 Å². The van der Waals surface area contributed by atoms with Gasteiger partial charge in [0.05, 0.1) is 12.8 Å². The summed E-state index contributed by atoms with van der Waals surface area (Å²) in [7, 11) is 0. The number of fused-ring (bicyclic) bond motifs is 1. The molecule has 0 N–H and O–H groups in total. The zero-order chi connectivity index (χ0) is 14.8. The molecule has 6 nitrogen and oxygen atoms in total. The van der Waals surface area contributed by atoms with Crippen LogP contribution in [0.4, 0.5) is 0 Å². The number of nitrogens with zero attached hydrogens (tertiary/aromatic N) is 1. The van der Waals surface area contributed by atoms with Gasteiger partial charge in [0.1, 0.15) is 18.7 Å². The average Bonchev–Trinajstić information content (AvgIpc) is 2.79. The van der Waals surface area contributed by atoms with Crippen LogP contribution in [0.2, 0.25) is 0 Å². The number of hydrogen-bond acceptors (Lipinski definition) is 5. The van der Waals surface area contributed by atoms with Crippen LogP contribution in [0.25, 0.3) is 0 Å². The zero-order valence-corrected chi connectivity index (χ0v) is 11.2. The molecule has 0 radical (unpaired) electrons. The summed E-state index contributed by atoms with van der Waals surface area (Å²) in [6, 6.07) is 9.21. The highest BCUT2D eigenvalue weighted by Gasteiger charge is 2.49. The van der Waals surface area contributed by atoms with Crippen LogP contribution in [0.3, 0.4) is 0 Å². The van der Waals surface area contributed by atoms with Gasteiger partial charge in [0.25, 0.3) is 0 Å². The molecule has 3 rings (SSSR count). The molecular weight excluding hydrogens is 274 g/mol. The van der Waals surface area contributed by atoms with Crippen molar-refractivity contribution in [2.75, 3.05) is 0 Å². The van der Waals surface area contributed by atoms with Crippen molar-refractivity contribution in [3.8, 4) is 0 Å². The highest BCUT2D eigenvalue weighted by molar-refractivity contribution is 5.98. The van der Waals surface area contributed by atoms with E-state index < -0.39 is 12.2 Å². The van der Waals surface area contributed by atoms with Crippen molar-refractivity contribution in [3.05, 3.63) is 47.4 Å². The summed E-state index contributed by atoms with van der Waals surface area (Å²) in [4.78, 5) is 35.6. The summed E-state index contributed by atoms with van der Waals surface area (Å²) in [5.41, 5.74) is 0.896. The van der Waals surface area contributed by atoms with Crippen molar-refractivity contribution < 1.29 is 23.9 Å². The molecule has 1 aromatic rings. The number of esters is 1. The highest BCUT2D eigenvalue weighted by atomic mass is 16.6. The van der Waals surface area contributed by atoms with Gasteiger partial charge in [-0.15, -0.1) is 0 Å². The maximum absolute atomic E-state index is 12.2. The van der Waals surface area contributed by atoms with Crippen molar-refractivity contribution in [2.24, 2.45) is 0 Å². The van der Waals surface area contributed by atoms with Crippen LogP contribution in [0.1, 0.15) is 18.4 Å². The number of benzene rings is 1. The lowest BCUT2D eigenvalue weighted by molar-refractivity contribution is -0.159. The second-order valence-electron chi connectivity index (χ2n) is 4.74. The molecule has 2 heterocycles. The van der Waals surface area contributed by atoms with Gasteiger partial charge in [-0.2, -0.15) is 0 Å². The Morgan fingerprint density at radius 2 is 2.14 bits per heavy atom. The maximum Gasteiger partial charge on any atom is 0.359 e. The smallest absolute Gasteiger partial charge is 0.359 e. The summed E-state index contributed by atoms with van der Waals surface area (Å²) in [5, 5.41) is 0. The molecule has 1 amide bonds. The molecule has 108 valence electrons. The first-order valence-corrected chi connectivity index (χ1v) is 6.57. The minimum absolute atomic E-state index is 0.0456. The summed E-state index contributed by atoms with van der Waals surface area (Å²) >= 11 is 0. The second-order valence-corrected chi connectivity index (χ2v) is 4.74. The van der Waals surface area contributed by atoms with Gasteiger partial charge in [-0.05, 0) is 5.56 Å². The molecular formula is C15H13NO5. The molecule has 1 saturated heterocycles. The van der Waals surface area contributed by atoms with Crippen LogP contribution < -0.4 is 0 Å². The minimum Gasteiger partial charge on any atom is -0.471 e. The van der Waals surface area contributed by atoms with E-state index in [1.807, 2.05) is 30.3 Å². The average molecular weight is 287 g/mol. The standard InChI is InChI=1S/C15H13NO5/c17-7-6-11-14(16-12(18)8-13(16)21-11)15(19)20-9-10-4-2-1-3-5-10/h1-5,7,13H,6,8-9H2. The number of carbonyl (C=O) groups excluding carboxylic acids is 3. The van der Waals surface area contributed by atoms with Gasteiger partial charge in [0.2, 0.25) is 5.91 Å². The molecule has 0 saturated carbocycles. The fourth-order valence-electron chi connectivity index (χ4n) is 2.33. The Kier molecular flexibility index (Phi) is 3.43. The molecule has 1 fully saturated rings. The third-order valence-electron chi connectivity index (χ3n) is 3.36. The summed E-state index contributed by atoms with van der Waals surface area (Å²) in [6.45, 7) is 0.101. The van der Waals surface area contributed by atoms with E-state index in [1.165, 1.54) is 4.90 Å². The number of amides is 1. The van der Waals surface area contributed by atoms with Crippen LogP contribution in [0, 0.1) is 0 Å². The van der Waals surface area contributed by atoms with Crippen molar-refractivity contribution >= 4 is 18.2 Å². The van der Waals surface area contributed by atoms with E-state index in [-0.39, 0.29) is 36.8 Å². The number of hydrogen-bond donors (Lipinski definition) is 0. The van der Waals surface area contributed by atoms with Gasteiger partial charge >= 0.3 is 5.97 Å². The molecule has 1 unspecified atom stereocenters. The number of allylic oxidation sites excluding steroid dienone is 1. The Morgan fingerprint density at radius 1 is 1.38 bits per heavy atom. The number of ether oxygens (including phenoxy) is 2. The van der Waals surface area contributed by atoms with Crippen molar-refractivity contribution in [3.63, 3.8) is 0 Å². The molecule has 0 spiro atoms.